The molecule has 1 aliphatic heterocycles. The van der Waals surface area contributed by atoms with E-state index in [4.69, 9.17) is 4.74 Å². The molecule has 1 saturated heterocycles. The summed E-state index contributed by atoms with van der Waals surface area (Å²) in [6, 6.07) is 7.77. The van der Waals surface area contributed by atoms with Crippen LogP contribution < -0.4 is 4.74 Å². The van der Waals surface area contributed by atoms with Gasteiger partial charge in [-0.05, 0) is 44.9 Å². The van der Waals surface area contributed by atoms with Crippen molar-refractivity contribution in [3.05, 3.63) is 65.6 Å². The van der Waals surface area contributed by atoms with Crippen LogP contribution in [-0.4, -0.2) is 50.0 Å². The number of alkyl halides is 3. The van der Waals surface area contributed by atoms with Crippen LogP contribution in [0.1, 0.15) is 41.3 Å². The smallest absolute Gasteiger partial charge is 0.417 e. The number of likely N-dealkylation sites (tertiary alicyclic amines) is 1. The van der Waals surface area contributed by atoms with Crippen LogP contribution in [0.5, 0.6) is 5.88 Å². The molecule has 7 nitrogen and oxygen atoms in total. The van der Waals surface area contributed by atoms with Crippen LogP contribution in [-0.2, 0) is 6.18 Å². The number of benzene rings is 1. The molecule has 2 aromatic heterocycles. The zero-order chi connectivity index (χ0) is 23.6. The number of halogens is 3. The summed E-state index contributed by atoms with van der Waals surface area (Å²) in [6.45, 7) is 4.66. The molecule has 0 spiro atoms. The molecular weight excluding hydrogens is 435 g/mol. The van der Waals surface area contributed by atoms with E-state index in [0.717, 1.165) is 30.7 Å². The highest BCUT2D eigenvalue weighted by Gasteiger charge is 2.32. The van der Waals surface area contributed by atoms with Gasteiger partial charge in [-0.1, -0.05) is 11.6 Å². The van der Waals surface area contributed by atoms with Gasteiger partial charge in [0, 0.05) is 30.8 Å². The first-order valence-corrected chi connectivity index (χ1v) is 10.7. The molecule has 3 heterocycles. The SMILES string of the molecule is Cc1ccc(-n2nccn2)c(C(=O)N2CC(COc3ccc(C(F)(F)F)cn3)CCC2C)c1. The first-order valence-electron chi connectivity index (χ1n) is 10.7. The van der Waals surface area contributed by atoms with Gasteiger partial charge in [0.15, 0.2) is 0 Å². The molecule has 3 aromatic rings. The fraction of sp³-hybridized carbons (Fsp3) is 0.391. The lowest BCUT2D eigenvalue weighted by Gasteiger charge is -2.38. The summed E-state index contributed by atoms with van der Waals surface area (Å²) in [5.74, 6) is 0.0476. The van der Waals surface area contributed by atoms with Crippen molar-refractivity contribution in [1.29, 1.82) is 0 Å². The summed E-state index contributed by atoms with van der Waals surface area (Å²) in [4.78, 5) is 20.5. The molecule has 0 aliphatic carbocycles. The minimum atomic E-state index is -4.44. The first kappa shape index (κ1) is 22.8. The van der Waals surface area contributed by atoms with Gasteiger partial charge in [-0.2, -0.15) is 28.2 Å². The second-order valence-electron chi connectivity index (χ2n) is 8.28. The fourth-order valence-corrected chi connectivity index (χ4v) is 3.93. The molecule has 0 bridgehead atoms. The third kappa shape index (κ3) is 5.15. The van der Waals surface area contributed by atoms with Crippen molar-refractivity contribution in [1.82, 2.24) is 24.9 Å². The summed E-state index contributed by atoms with van der Waals surface area (Å²) in [5, 5.41) is 8.32. The summed E-state index contributed by atoms with van der Waals surface area (Å²) in [7, 11) is 0. The highest BCUT2D eigenvalue weighted by Crippen LogP contribution is 2.30. The van der Waals surface area contributed by atoms with Crippen LogP contribution in [0.3, 0.4) is 0 Å². The number of aromatic nitrogens is 4. The van der Waals surface area contributed by atoms with E-state index in [-0.39, 0.29) is 30.4 Å². The van der Waals surface area contributed by atoms with E-state index in [0.29, 0.717) is 17.8 Å². The molecule has 174 valence electrons. The van der Waals surface area contributed by atoms with E-state index < -0.39 is 11.7 Å². The van der Waals surface area contributed by atoms with Gasteiger partial charge in [-0.15, -0.1) is 0 Å². The average Bonchev–Trinajstić information content (AvgIpc) is 3.32. The number of pyridine rings is 1. The number of ether oxygens (including phenoxy) is 1. The van der Waals surface area contributed by atoms with E-state index in [2.05, 4.69) is 15.2 Å². The van der Waals surface area contributed by atoms with Gasteiger partial charge in [0.05, 0.1) is 35.8 Å². The molecule has 1 aliphatic rings. The van der Waals surface area contributed by atoms with Crippen molar-refractivity contribution >= 4 is 5.91 Å². The number of carbonyl (C=O) groups is 1. The van der Waals surface area contributed by atoms with Crippen molar-refractivity contribution in [3.63, 3.8) is 0 Å². The van der Waals surface area contributed by atoms with Crippen molar-refractivity contribution in [3.8, 4) is 11.6 Å². The van der Waals surface area contributed by atoms with Gasteiger partial charge < -0.3 is 9.64 Å². The Balaban J connectivity index is 1.46. The predicted octanol–water partition coefficient (Wildman–Crippen LogP) is 4.31. The Labute approximate surface area is 189 Å². The Kier molecular flexibility index (Phi) is 6.35. The highest BCUT2D eigenvalue weighted by atomic mass is 19.4. The van der Waals surface area contributed by atoms with E-state index >= 15 is 0 Å². The van der Waals surface area contributed by atoms with Crippen LogP contribution in [0.2, 0.25) is 0 Å². The Morgan fingerprint density at radius 3 is 2.58 bits per heavy atom. The van der Waals surface area contributed by atoms with E-state index in [1.165, 1.54) is 10.9 Å². The molecule has 4 rings (SSSR count). The molecule has 1 aromatic carbocycles. The molecule has 0 radical (unpaired) electrons. The molecule has 2 unspecified atom stereocenters. The number of rotatable bonds is 5. The normalized spacial score (nSPS) is 18.9. The minimum Gasteiger partial charge on any atom is -0.477 e. The summed E-state index contributed by atoms with van der Waals surface area (Å²) in [5.41, 5.74) is 1.25. The second kappa shape index (κ2) is 9.21. The lowest BCUT2D eigenvalue weighted by atomic mass is 9.93. The Hall–Kier alpha value is -3.43. The Morgan fingerprint density at radius 1 is 1.15 bits per heavy atom. The predicted molar refractivity (Wildman–Crippen MR) is 114 cm³/mol. The minimum absolute atomic E-state index is 0.0327. The number of piperidine rings is 1. The maximum Gasteiger partial charge on any atom is 0.417 e. The largest absolute Gasteiger partial charge is 0.477 e. The summed E-state index contributed by atoms with van der Waals surface area (Å²) >= 11 is 0. The van der Waals surface area contributed by atoms with Crippen LogP contribution in [0, 0.1) is 12.8 Å². The second-order valence-corrected chi connectivity index (χ2v) is 8.28. The number of aryl methyl sites for hydroxylation is 1. The van der Waals surface area contributed by atoms with Gasteiger partial charge in [-0.25, -0.2) is 4.98 Å². The topological polar surface area (TPSA) is 73.1 Å². The third-order valence-corrected chi connectivity index (χ3v) is 5.79. The average molecular weight is 459 g/mol. The van der Waals surface area contributed by atoms with Gasteiger partial charge in [-0.3, -0.25) is 4.79 Å². The van der Waals surface area contributed by atoms with Gasteiger partial charge in [0.2, 0.25) is 5.88 Å². The van der Waals surface area contributed by atoms with Crippen molar-refractivity contribution in [2.24, 2.45) is 5.92 Å². The summed E-state index contributed by atoms with van der Waals surface area (Å²) < 4.78 is 43.8. The molecule has 0 saturated carbocycles. The van der Waals surface area contributed by atoms with Crippen molar-refractivity contribution in [2.75, 3.05) is 13.2 Å². The van der Waals surface area contributed by atoms with Crippen molar-refractivity contribution in [2.45, 2.75) is 38.9 Å². The molecule has 0 N–H and O–H groups in total. The van der Waals surface area contributed by atoms with Crippen LogP contribution in [0.15, 0.2) is 48.9 Å². The molecule has 2 atom stereocenters. The van der Waals surface area contributed by atoms with Crippen LogP contribution >= 0.6 is 0 Å². The third-order valence-electron chi connectivity index (χ3n) is 5.79. The zero-order valence-corrected chi connectivity index (χ0v) is 18.3. The quantitative estimate of drug-likeness (QED) is 0.569. The lowest BCUT2D eigenvalue weighted by molar-refractivity contribution is -0.137. The zero-order valence-electron chi connectivity index (χ0n) is 18.3. The number of hydrogen-bond acceptors (Lipinski definition) is 5. The molecule has 33 heavy (non-hydrogen) atoms. The Morgan fingerprint density at radius 2 is 1.91 bits per heavy atom. The molecule has 10 heteroatoms. The van der Waals surface area contributed by atoms with E-state index in [1.807, 2.05) is 36.9 Å². The summed E-state index contributed by atoms with van der Waals surface area (Å²) in [6.07, 6.45) is 1.07. The van der Waals surface area contributed by atoms with Crippen LogP contribution in [0.25, 0.3) is 5.69 Å². The van der Waals surface area contributed by atoms with E-state index in [1.54, 1.807) is 12.4 Å². The van der Waals surface area contributed by atoms with Gasteiger partial charge in [0.1, 0.15) is 0 Å². The number of amides is 1. The monoisotopic (exact) mass is 459 g/mol. The molecule has 1 fully saturated rings. The van der Waals surface area contributed by atoms with E-state index in [9.17, 15) is 18.0 Å². The first-order chi connectivity index (χ1) is 15.7. The lowest BCUT2D eigenvalue weighted by Crippen LogP contribution is -2.47. The molecular formula is C23H24F3N5O2. The highest BCUT2D eigenvalue weighted by molar-refractivity contribution is 5.98. The number of carbonyl (C=O) groups excluding carboxylic acids is 1. The number of hydrogen-bond donors (Lipinski definition) is 0. The fourth-order valence-electron chi connectivity index (χ4n) is 3.93. The van der Waals surface area contributed by atoms with Gasteiger partial charge >= 0.3 is 6.18 Å². The van der Waals surface area contributed by atoms with Gasteiger partial charge in [0.25, 0.3) is 5.91 Å². The van der Waals surface area contributed by atoms with Crippen molar-refractivity contribution < 1.29 is 22.7 Å². The standard InChI is InChI=1S/C23H24F3N5O2/c1-15-3-7-20(31-28-9-10-29-31)19(11-15)22(32)30-13-17(5-4-16(30)2)14-33-21-8-6-18(12-27-21)23(24,25)26/h3,6-12,16-17H,4-5,13-14H2,1-2H3. The Bertz CT molecular complexity index is 1100. The maximum absolute atomic E-state index is 13.5. The maximum atomic E-state index is 13.5. The van der Waals surface area contributed by atoms with Crippen LogP contribution in [0.4, 0.5) is 13.2 Å². The number of nitrogens with zero attached hydrogens (tertiary/aromatic N) is 5. The molecule has 1 amide bonds.